The zero-order valence-corrected chi connectivity index (χ0v) is 29.1. The smallest absolute Gasteiger partial charge is 0.336 e. The number of anilines is 1. The Balaban J connectivity index is 1.09. The normalized spacial score (nSPS) is 18.0. The Morgan fingerprint density at radius 3 is 2.08 bits per heavy atom. The predicted octanol–water partition coefficient (Wildman–Crippen LogP) is 6.91. The molecule has 0 N–H and O–H groups in total. The lowest BCUT2D eigenvalue weighted by molar-refractivity contribution is -0.384. The molecular weight excluding hydrogens is 644 g/mol. The number of carbonyl (C=O) groups is 2. The van der Waals surface area contributed by atoms with Crippen LogP contribution in [0, 0.1) is 16.0 Å². The number of piperazine rings is 1. The molecule has 0 aliphatic carbocycles. The number of aliphatic imine (C=N–C) groups is 1. The SMILES string of the molecule is COC(=O)C1C(C)=NC(C)=C(C(=O)OCCc2ccc(N3CCN(C(c4ccccc4)c4ccccc4)CC3)cc2)C1c1cccc([N+](=O)[O-])c1. The molecule has 10 heteroatoms. The molecule has 2 heterocycles. The molecule has 4 aromatic carbocycles. The summed E-state index contributed by atoms with van der Waals surface area (Å²) in [5, 5.41) is 11.6. The predicted molar refractivity (Wildman–Crippen MR) is 197 cm³/mol. The van der Waals surface area contributed by atoms with Crippen LogP contribution in [0.25, 0.3) is 0 Å². The van der Waals surface area contributed by atoms with Gasteiger partial charge in [0.2, 0.25) is 0 Å². The maximum absolute atomic E-state index is 13.6. The average Bonchev–Trinajstić information content (AvgIpc) is 3.16. The summed E-state index contributed by atoms with van der Waals surface area (Å²) in [6, 6.07) is 35.9. The second-order valence-electron chi connectivity index (χ2n) is 12.9. The average molecular weight is 687 g/mol. The molecule has 0 spiro atoms. The van der Waals surface area contributed by atoms with Crippen molar-refractivity contribution in [2.75, 3.05) is 44.8 Å². The Morgan fingerprint density at radius 2 is 1.49 bits per heavy atom. The van der Waals surface area contributed by atoms with Crippen molar-refractivity contribution in [2.45, 2.75) is 32.2 Å². The number of allylic oxidation sites excluding steroid dienone is 1. The van der Waals surface area contributed by atoms with Gasteiger partial charge in [0.15, 0.2) is 0 Å². The summed E-state index contributed by atoms with van der Waals surface area (Å²) in [5.41, 5.74) is 6.10. The van der Waals surface area contributed by atoms with E-state index in [4.69, 9.17) is 9.47 Å². The molecule has 0 bridgehead atoms. The number of ether oxygens (including phenoxy) is 2. The van der Waals surface area contributed by atoms with Gasteiger partial charge in [-0.25, -0.2) is 4.79 Å². The summed E-state index contributed by atoms with van der Waals surface area (Å²) in [7, 11) is 1.27. The van der Waals surface area contributed by atoms with E-state index in [2.05, 4.69) is 99.7 Å². The molecule has 1 fully saturated rings. The topological polar surface area (TPSA) is 115 Å². The molecule has 2 atom stereocenters. The molecule has 6 rings (SSSR count). The lowest BCUT2D eigenvalue weighted by Gasteiger charge is -2.40. The molecule has 2 unspecified atom stereocenters. The van der Waals surface area contributed by atoms with Crippen LogP contribution in [0.2, 0.25) is 0 Å². The van der Waals surface area contributed by atoms with Crippen molar-refractivity contribution in [1.29, 1.82) is 0 Å². The first-order chi connectivity index (χ1) is 24.7. The molecule has 0 radical (unpaired) electrons. The summed E-state index contributed by atoms with van der Waals surface area (Å²) in [5.74, 6) is -2.98. The first-order valence-corrected chi connectivity index (χ1v) is 17.2. The number of nitro benzene ring substituents is 1. The van der Waals surface area contributed by atoms with Crippen LogP contribution >= 0.6 is 0 Å². The maximum Gasteiger partial charge on any atom is 0.336 e. The molecule has 2 aliphatic heterocycles. The van der Waals surface area contributed by atoms with Crippen LogP contribution in [-0.2, 0) is 25.5 Å². The van der Waals surface area contributed by atoms with E-state index >= 15 is 0 Å². The highest BCUT2D eigenvalue weighted by atomic mass is 16.6. The van der Waals surface area contributed by atoms with Gasteiger partial charge in [0.05, 0.1) is 30.3 Å². The van der Waals surface area contributed by atoms with Gasteiger partial charge in [-0.3, -0.25) is 24.8 Å². The quantitative estimate of drug-likeness (QED) is 0.0950. The Morgan fingerprint density at radius 1 is 0.863 bits per heavy atom. The number of nitro groups is 1. The number of benzene rings is 4. The van der Waals surface area contributed by atoms with Gasteiger partial charge in [0.25, 0.3) is 5.69 Å². The van der Waals surface area contributed by atoms with Gasteiger partial charge in [0, 0.05) is 67.7 Å². The molecule has 0 amide bonds. The number of hydrogen-bond acceptors (Lipinski definition) is 9. The minimum absolute atomic E-state index is 0.112. The largest absolute Gasteiger partial charge is 0.468 e. The Hall–Kier alpha value is -5.61. The standard InChI is InChI=1S/C41H42N4O6/c1-28-36(40(46)50-3)38(33-15-10-16-35(27-33)45(48)49)37(29(2)42-28)41(47)51-26-21-30-17-19-34(20-18-30)43-22-24-44(25-23-43)39(31-11-6-4-7-12-31)32-13-8-5-9-14-32/h4-20,27,36,38-39H,21-26H2,1-3H3. The van der Waals surface area contributed by atoms with E-state index in [1.807, 2.05) is 0 Å². The Labute approximate surface area is 298 Å². The number of carbonyl (C=O) groups excluding carboxylic acids is 2. The van der Waals surface area contributed by atoms with Crippen LogP contribution in [0.15, 0.2) is 125 Å². The van der Waals surface area contributed by atoms with E-state index in [-0.39, 0.29) is 23.9 Å². The summed E-state index contributed by atoms with van der Waals surface area (Å²) >= 11 is 0. The first kappa shape index (κ1) is 35.2. The van der Waals surface area contributed by atoms with Crippen LogP contribution in [0.3, 0.4) is 0 Å². The molecule has 51 heavy (non-hydrogen) atoms. The minimum atomic E-state index is -0.930. The van der Waals surface area contributed by atoms with Gasteiger partial charge in [-0.15, -0.1) is 0 Å². The number of non-ortho nitro benzene ring substituents is 1. The summed E-state index contributed by atoms with van der Waals surface area (Å²) in [6.07, 6.45) is 0.492. The summed E-state index contributed by atoms with van der Waals surface area (Å²) in [4.78, 5) is 47.1. The number of hydrogen-bond donors (Lipinski definition) is 0. The van der Waals surface area contributed by atoms with E-state index in [0.717, 1.165) is 37.4 Å². The highest BCUT2D eigenvalue weighted by Gasteiger charge is 2.42. The second kappa shape index (κ2) is 15.9. The molecule has 0 aromatic heterocycles. The number of methoxy groups -OCH3 is 1. The molecule has 10 nitrogen and oxygen atoms in total. The second-order valence-corrected chi connectivity index (χ2v) is 12.9. The highest BCUT2D eigenvalue weighted by Crippen LogP contribution is 2.41. The van der Waals surface area contributed by atoms with E-state index in [1.54, 1.807) is 19.9 Å². The van der Waals surface area contributed by atoms with E-state index in [1.165, 1.54) is 36.4 Å². The van der Waals surface area contributed by atoms with Gasteiger partial charge < -0.3 is 14.4 Å². The zero-order chi connectivity index (χ0) is 35.9. The van der Waals surface area contributed by atoms with Gasteiger partial charge in [-0.1, -0.05) is 84.9 Å². The Kier molecular flexibility index (Phi) is 11.0. The van der Waals surface area contributed by atoms with Crippen LogP contribution in [0.5, 0.6) is 0 Å². The fraction of sp³-hybridized carbons (Fsp3) is 0.293. The summed E-state index contributed by atoms with van der Waals surface area (Å²) in [6.45, 7) is 7.15. The molecule has 2 aliphatic rings. The van der Waals surface area contributed by atoms with E-state index < -0.39 is 28.7 Å². The number of rotatable bonds is 11. The van der Waals surface area contributed by atoms with Gasteiger partial charge in [-0.2, -0.15) is 0 Å². The van der Waals surface area contributed by atoms with Gasteiger partial charge in [-0.05, 0) is 48.2 Å². The molecule has 4 aromatic rings. The third kappa shape index (κ3) is 7.91. The van der Waals surface area contributed by atoms with Crippen molar-refractivity contribution >= 4 is 29.0 Å². The third-order valence-electron chi connectivity index (χ3n) is 9.78. The van der Waals surface area contributed by atoms with Crippen molar-refractivity contribution in [3.63, 3.8) is 0 Å². The fourth-order valence-electron chi connectivity index (χ4n) is 7.26. The lowest BCUT2D eigenvalue weighted by Crippen LogP contribution is -2.48. The third-order valence-corrected chi connectivity index (χ3v) is 9.78. The van der Waals surface area contributed by atoms with E-state index in [0.29, 0.717) is 23.4 Å². The monoisotopic (exact) mass is 686 g/mol. The van der Waals surface area contributed by atoms with E-state index in [9.17, 15) is 19.7 Å². The van der Waals surface area contributed by atoms with Crippen molar-refractivity contribution in [2.24, 2.45) is 10.9 Å². The van der Waals surface area contributed by atoms with Crippen molar-refractivity contribution in [1.82, 2.24) is 4.90 Å². The van der Waals surface area contributed by atoms with Gasteiger partial charge in [0.1, 0.15) is 5.92 Å². The van der Waals surface area contributed by atoms with Crippen molar-refractivity contribution in [3.8, 4) is 0 Å². The highest BCUT2D eigenvalue weighted by molar-refractivity contribution is 6.07. The number of esters is 2. The summed E-state index contributed by atoms with van der Waals surface area (Å²) < 4.78 is 10.8. The van der Waals surface area contributed by atoms with Crippen molar-refractivity contribution in [3.05, 3.63) is 153 Å². The van der Waals surface area contributed by atoms with Gasteiger partial charge >= 0.3 is 11.9 Å². The molecule has 0 saturated carbocycles. The maximum atomic E-state index is 13.6. The Bertz CT molecular complexity index is 1880. The van der Waals surface area contributed by atoms with Crippen LogP contribution in [0.1, 0.15) is 48.1 Å². The first-order valence-electron chi connectivity index (χ1n) is 17.2. The fourth-order valence-corrected chi connectivity index (χ4v) is 7.26. The molecule has 1 saturated heterocycles. The zero-order valence-electron chi connectivity index (χ0n) is 29.1. The number of nitrogens with zero attached hydrogens (tertiary/aromatic N) is 4. The molecular formula is C41H42N4O6. The lowest BCUT2D eigenvalue weighted by atomic mass is 9.75. The minimum Gasteiger partial charge on any atom is -0.468 e. The van der Waals surface area contributed by atoms with Crippen LogP contribution in [0.4, 0.5) is 11.4 Å². The van der Waals surface area contributed by atoms with Crippen LogP contribution < -0.4 is 4.90 Å². The van der Waals surface area contributed by atoms with Crippen molar-refractivity contribution < 1.29 is 24.0 Å². The molecule has 262 valence electrons. The van der Waals surface area contributed by atoms with Crippen LogP contribution in [-0.4, -0.2) is 67.4 Å².